The third kappa shape index (κ3) is 2.58. The van der Waals surface area contributed by atoms with E-state index in [1.54, 1.807) is 11.3 Å². The van der Waals surface area contributed by atoms with Gasteiger partial charge in [0.15, 0.2) is 0 Å². The normalized spacial score (nSPS) is 24.9. The SMILES string of the molecule is CC1CCC(C)N(Cc2nc(N)c3ccsc3n2)C1. The van der Waals surface area contributed by atoms with Gasteiger partial charge in [0.25, 0.3) is 0 Å². The molecule has 102 valence electrons. The van der Waals surface area contributed by atoms with Crippen LogP contribution in [0.15, 0.2) is 11.4 Å². The molecule has 2 aromatic rings. The minimum atomic E-state index is 0.610. The summed E-state index contributed by atoms with van der Waals surface area (Å²) in [6, 6.07) is 2.60. The van der Waals surface area contributed by atoms with Crippen molar-refractivity contribution >= 4 is 27.4 Å². The number of rotatable bonds is 2. The third-order valence-corrected chi connectivity index (χ3v) is 4.80. The van der Waals surface area contributed by atoms with Gasteiger partial charge in [0.1, 0.15) is 16.5 Å². The van der Waals surface area contributed by atoms with E-state index in [9.17, 15) is 0 Å². The lowest BCUT2D eigenvalue weighted by atomic mass is 9.95. The van der Waals surface area contributed by atoms with Crippen molar-refractivity contribution in [2.45, 2.75) is 39.3 Å². The van der Waals surface area contributed by atoms with Gasteiger partial charge in [-0.2, -0.15) is 0 Å². The predicted octanol–water partition coefficient (Wildman–Crippen LogP) is 2.89. The second kappa shape index (κ2) is 5.06. The first kappa shape index (κ1) is 12.8. The van der Waals surface area contributed by atoms with Gasteiger partial charge in [0.2, 0.25) is 0 Å². The molecule has 0 aliphatic carbocycles. The molecule has 2 N–H and O–H groups in total. The summed E-state index contributed by atoms with van der Waals surface area (Å²) in [5, 5.41) is 3.00. The highest BCUT2D eigenvalue weighted by Crippen LogP contribution is 2.25. The van der Waals surface area contributed by atoms with Crippen LogP contribution in [-0.2, 0) is 6.54 Å². The number of hydrogen-bond donors (Lipinski definition) is 1. The Hall–Kier alpha value is -1.20. The number of nitrogens with two attached hydrogens (primary N) is 1. The van der Waals surface area contributed by atoms with Crippen LogP contribution in [0.25, 0.3) is 10.2 Å². The highest BCUT2D eigenvalue weighted by molar-refractivity contribution is 7.16. The van der Waals surface area contributed by atoms with E-state index in [0.717, 1.165) is 35.0 Å². The van der Waals surface area contributed by atoms with E-state index in [4.69, 9.17) is 5.73 Å². The zero-order valence-electron chi connectivity index (χ0n) is 11.5. The molecule has 2 aromatic heterocycles. The molecule has 19 heavy (non-hydrogen) atoms. The van der Waals surface area contributed by atoms with Crippen LogP contribution in [0.1, 0.15) is 32.5 Å². The molecular formula is C14H20N4S. The number of nitrogen functional groups attached to an aromatic ring is 1. The third-order valence-electron chi connectivity index (χ3n) is 3.99. The molecule has 4 nitrogen and oxygen atoms in total. The van der Waals surface area contributed by atoms with Gasteiger partial charge < -0.3 is 5.73 Å². The summed E-state index contributed by atoms with van der Waals surface area (Å²) in [5.41, 5.74) is 6.01. The number of piperidine rings is 1. The van der Waals surface area contributed by atoms with Gasteiger partial charge in [0.05, 0.1) is 11.9 Å². The summed E-state index contributed by atoms with van der Waals surface area (Å²) in [6.07, 6.45) is 2.59. The van der Waals surface area contributed by atoms with Crippen molar-refractivity contribution in [3.8, 4) is 0 Å². The van der Waals surface area contributed by atoms with E-state index in [1.807, 2.05) is 11.4 Å². The Morgan fingerprint density at radius 3 is 3.05 bits per heavy atom. The van der Waals surface area contributed by atoms with E-state index in [0.29, 0.717) is 11.9 Å². The minimum absolute atomic E-state index is 0.610. The van der Waals surface area contributed by atoms with Crippen LogP contribution in [0, 0.1) is 5.92 Å². The van der Waals surface area contributed by atoms with Crippen LogP contribution < -0.4 is 5.73 Å². The summed E-state index contributed by atoms with van der Waals surface area (Å²) < 4.78 is 0. The quantitative estimate of drug-likeness (QED) is 0.916. The van der Waals surface area contributed by atoms with E-state index in [1.165, 1.54) is 12.8 Å². The summed E-state index contributed by atoms with van der Waals surface area (Å²) in [6.45, 7) is 6.55. The molecule has 2 unspecified atom stereocenters. The van der Waals surface area contributed by atoms with Gasteiger partial charge in [-0.1, -0.05) is 6.92 Å². The standard InChI is InChI=1S/C14H20N4S/c1-9-3-4-10(2)18(7-9)8-12-16-13(15)11-5-6-19-14(11)17-12/h5-6,9-10H,3-4,7-8H2,1-2H3,(H2,15,16,17). The molecule has 0 amide bonds. The number of nitrogens with zero attached hydrogens (tertiary/aromatic N) is 3. The van der Waals surface area contributed by atoms with Gasteiger partial charge in [-0.25, -0.2) is 9.97 Å². The maximum absolute atomic E-state index is 6.01. The lowest BCUT2D eigenvalue weighted by Crippen LogP contribution is -2.40. The smallest absolute Gasteiger partial charge is 0.146 e. The molecule has 0 spiro atoms. The topological polar surface area (TPSA) is 55.0 Å². The maximum atomic E-state index is 6.01. The first-order chi connectivity index (χ1) is 9.13. The average molecular weight is 276 g/mol. The molecule has 3 rings (SSSR count). The molecule has 1 saturated heterocycles. The predicted molar refractivity (Wildman–Crippen MR) is 80.1 cm³/mol. The number of hydrogen-bond acceptors (Lipinski definition) is 5. The van der Waals surface area contributed by atoms with E-state index < -0.39 is 0 Å². The molecule has 3 heterocycles. The summed E-state index contributed by atoms with van der Waals surface area (Å²) in [4.78, 5) is 12.6. The molecule has 2 atom stereocenters. The van der Waals surface area contributed by atoms with Gasteiger partial charge in [-0.3, -0.25) is 4.90 Å². The van der Waals surface area contributed by atoms with Crippen LogP contribution in [0.2, 0.25) is 0 Å². The Kier molecular flexibility index (Phi) is 3.41. The fraction of sp³-hybridized carbons (Fsp3) is 0.571. The van der Waals surface area contributed by atoms with Crippen LogP contribution in [0.3, 0.4) is 0 Å². The fourth-order valence-electron chi connectivity index (χ4n) is 2.78. The molecule has 5 heteroatoms. The van der Waals surface area contributed by atoms with Gasteiger partial charge in [-0.05, 0) is 37.1 Å². The number of aromatic nitrogens is 2. The Morgan fingerprint density at radius 2 is 2.21 bits per heavy atom. The van der Waals surface area contributed by atoms with Gasteiger partial charge in [0, 0.05) is 12.6 Å². The molecule has 0 bridgehead atoms. The Morgan fingerprint density at radius 1 is 1.37 bits per heavy atom. The van der Waals surface area contributed by atoms with Crippen molar-refractivity contribution in [3.05, 3.63) is 17.3 Å². The second-order valence-electron chi connectivity index (χ2n) is 5.63. The fourth-order valence-corrected chi connectivity index (χ4v) is 3.57. The Balaban J connectivity index is 1.84. The minimum Gasteiger partial charge on any atom is -0.383 e. The van der Waals surface area contributed by atoms with Crippen molar-refractivity contribution < 1.29 is 0 Å². The van der Waals surface area contributed by atoms with Crippen LogP contribution >= 0.6 is 11.3 Å². The van der Waals surface area contributed by atoms with Crippen molar-refractivity contribution in [1.82, 2.24) is 14.9 Å². The summed E-state index contributed by atoms with van der Waals surface area (Å²) in [7, 11) is 0. The first-order valence-corrected chi connectivity index (χ1v) is 7.75. The van der Waals surface area contributed by atoms with E-state index >= 15 is 0 Å². The van der Waals surface area contributed by atoms with Crippen LogP contribution in [-0.4, -0.2) is 27.5 Å². The van der Waals surface area contributed by atoms with Crippen LogP contribution in [0.4, 0.5) is 5.82 Å². The lowest BCUT2D eigenvalue weighted by molar-refractivity contribution is 0.114. The van der Waals surface area contributed by atoms with Crippen molar-refractivity contribution in [2.75, 3.05) is 12.3 Å². The Labute approximate surface area is 117 Å². The van der Waals surface area contributed by atoms with Gasteiger partial charge in [-0.15, -0.1) is 11.3 Å². The molecule has 1 aliphatic heterocycles. The number of thiophene rings is 1. The monoisotopic (exact) mass is 276 g/mol. The average Bonchev–Trinajstić information content (AvgIpc) is 2.82. The molecular weight excluding hydrogens is 256 g/mol. The molecule has 1 aliphatic rings. The van der Waals surface area contributed by atoms with Crippen molar-refractivity contribution in [2.24, 2.45) is 5.92 Å². The van der Waals surface area contributed by atoms with Crippen molar-refractivity contribution in [1.29, 1.82) is 0 Å². The summed E-state index contributed by atoms with van der Waals surface area (Å²) in [5.74, 6) is 2.23. The highest BCUT2D eigenvalue weighted by atomic mass is 32.1. The molecule has 1 fully saturated rings. The largest absolute Gasteiger partial charge is 0.383 e. The van der Waals surface area contributed by atoms with Crippen molar-refractivity contribution in [3.63, 3.8) is 0 Å². The second-order valence-corrected chi connectivity index (χ2v) is 6.52. The molecule has 0 radical (unpaired) electrons. The zero-order chi connectivity index (χ0) is 13.4. The molecule has 0 aromatic carbocycles. The number of anilines is 1. The number of fused-ring (bicyclic) bond motifs is 1. The highest BCUT2D eigenvalue weighted by Gasteiger charge is 2.23. The lowest BCUT2D eigenvalue weighted by Gasteiger charge is -2.36. The Bertz CT molecular complexity index is 580. The molecule has 0 saturated carbocycles. The van der Waals surface area contributed by atoms with Crippen LogP contribution in [0.5, 0.6) is 0 Å². The van der Waals surface area contributed by atoms with E-state index in [-0.39, 0.29) is 0 Å². The van der Waals surface area contributed by atoms with E-state index in [2.05, 4.69) is 28.7 Å². The summed E-state index contributed by atoms with van der Waals surface area (Å²) >= 11 is 1.63. The van der Waals surface area contributed by atoms with Gasteiger partial charge >= 0.3 is 0 Å². The number of likely N-dealkylation sites (tertiary alicyclic amines) is 1. The zero-order valence-corrected chi connectivity index (χ0v) is 12.3. The maximum Gasteiger partial charge on any atom is 0.146 e. The first-order valence-electron chi connectivity index (χ1n) is 6.87.